The lowest BCUT2D eigenvalue weighted by Crippen LogP contribution is -2.34. The highest BCUT2D eigenvalue weighted by Crippen LogP contribution is 2.27. The van der Waals surface area contributed by atoms with Crippen LogP contribution in [-0.2, 0) is 11.2 Å². The van der Waals surface area contributed by atoms with Gasteiger partial charge in [0, 0.05) is 6.54 Å². The highest BCUT2D eigenvalue weighted by Gasteiger charge is 2.16. The number of carbonyl (C=O) groups is 1. The van der Waals surface area contributed by atoms with Crippen molar-refractivity contribution in [3.05, 3.63) is 59.7 Å². The number of ether oxygens (including phenoxy) is 2. The summed E-state index contributed by atoms with van der Waals surface area (Å²) < 4.78 is 10.5. The third-order valence-corrected chi connectivity index (χ3v) is 3.63. The fourth-order valence-corrected chi connectivity index (χ4v) is 2.43. The van der Waals surface area contributed by atoms with Gasteiger partial charge in [-0.1, -0.05) is 36.4 Å². The number of nitrogens with two attached hydrogens (primary N) is 1. The van der Waals surface area contributed by atoms with Crippen molar-refractivity contribution in [2.75, 3.05) is 20.8 Å². The summed E-state index contributed by atoms with van der Waals surface area (Å²) in [6.07, 6.45) is 0.747. The van der Waals surface area contributed by atoms with Crippen LogP contribution in [-0.4, -0.2) is 26.7 Å². The second kappa shape index (κ2) is 8.19. The molecule has 0 aliphatic heterocycles. The highest BCUT2D eigenvalue weighted by atomic mass is 16.5. The molecule has 23 heavy (non-hydrogen) atoms. The van der Waals surface area contributed by atoms with Crippen LogP contribution in [0.1, 0.15) is 17.2 Å². The molecular formula is C18H22N2O3. The molecule has 0 saturated heterocycles. The summed E-state index contributed by atoms with van der Waals surface area (Å²) in [5.41, 5.74) is 7.45. The van der Waals surface area contributed by atoms with E-state index in [1.165, 1.54) is 0 Å². The molecule has 5 nitrogen and oxygen atoms in total. The first-order valence-corrected chi connectivity index (χ1v) is 7.44. The van der Waals surface area contributed by atoms with Crippen molar-refractivity contribution in [1.29, 1.82) is 0 Å². The molecule has 1 amide bonds. The van der Waals surface area contributed by atoms with Crippen LogP contribution in [0.3, 0.4) is 0 Å². The van der Waals surface area contributed by atoms with Crippen LogP contribution in [0, 0.1) is 0 Å². The largest absolute Gasteiger partial charge is 0.493 e. The van der Waals surface area contributed by atoms with Crippen LogP contribution in [0.5, 0.6) is 11.5 Å². The molecule has 0 aromatic heterocycles. The summed E-state index contributed by atoms with van der Waals surface area (Å²) in [5.74, 6) is 1.01. The smallest absolute Gasteiger partial charge is 0.239 e. The molecule has 0 fully saturated rings. The quantitative estimate of drug-likeness (QED) is 0.782. The highest BCUT2D eigenvalue weighted by molar-refractivity contribution is 5.81. The molecule has 2 rings (SSSR count). The van der Waals surface area contributed by atoms with E-state index in [4.69, 9.17) is 15.2 Å². The summed E-state index contributed by atoms with van der Waals surface area (Å²) in [7, 11) is 3.22. The van der Waals surface area contributed by atoms with Gasteiger partial charge in [-0.25, -0.2) is 0 Å². The van der Waals surface area contributed by atoms with Crippen molar-refractivity contribution in [1.82, 2.24) is 5.32 Å². The molecule has 0 aliphatic carbocycles. The predicted molar refractivity (Wildman–Crippen MR) is 89.6 cm³/mol. The van der Waals surface area contributed by atoms with Gasteiger partial charge in [0.15, 0.2) is 11.5 Å². The number of methoxy groups -OCH3 is 2. The average molecular weight is 314 g/mol. The van der Waals surface area contributed by atoms with Crippen molar-refractivity contribution in [3.63, 3.8) is 0 Å². The number of hydrogen-bond donors (Lipinski definition) is 2. The Hall–Kier alpha value is -2.53. The Bertz CT molecular complexity index is 644. The lowest BCUT2D eigenvalue weighted by atomic mass is 10.1. The molecule has 122 valence electrons. The zero-order valence-electron chi connectivity index (χ0n) is 13.4. The minimum absolute atomic E-state index is 0.386. The summed E-state index contributed by atoms with van der Waals surface area (Å²) in [5, 5.41) is 3.20. The SMILES string of the molecule is COc1ccc(CCN[C@@H](C(N)=O)c2ccccc2)cc1OC. The molecule has 3 N–H and O–H groups in total. The first-order valence-electron chi connectivity index (χ1n) is 7.44. The van der Waals surface area contributed by atoms with Gasteiger partial charge in [0.2, 0.25) is 5.91 Å². The molecule has 0 saturated carbocycles. The van der Waals surface area contributed by atoms with Gasteiger partial charge in [0.1, 0.15) is 6.04 Å². The zero-order valence-corrected chi connectivity index (χ0v) is 13.4. The average Bonchev–Trinajstić information content (AvgIpc) is 2.58. The third-order valence-electron chi connectivity index (χ3n) is 3.63. The lowest BCUT2D eigenvalue weighted by molar-refractivity contribution is -0.120. The number of nitrogens with one attached hydrogen (secondary N) is 1. The summed E-state index contributed by atoms with van der Waals surface area (Å²) >= 11 is 0. The van der Waals surface area contributed by atoms with Crippen LogP contribution in [0.4, 0.5) is 0 Å². The monoisotopic (exact) mass is 314 g/mol. The van der Waals surface area contributed by atoms with Gasteiger partial charge >= 0.3 is 0 Å². The fourth-order valence-electron chi connectivity index (χ4n) is 2.43. The number of hydrogen-bond acceptors (Lipinski definition) is 4. The maximum absolute atomic E-state index is 11.6. The van der Waals surface area contributed by atoms with Gasteiger partial charge in [0.25, 0.3) is 0 Å². The third kappa shape index (κ3) is 4.47. The maximum Gasteiger partial charge on any atom is 0.239 e. The molecule has 2 aromatic rings. The number of carbonyl (C=O) groups excluding carboxylic acids is 1. The van der Waals surface area contributed by atoms with E-state index in [0.717, 1.165) is 17.5 Å². The molecular weight excluding hydrogens is 292 g/mol. The fraction of sp³-hybridized carbons (Fsp3) is 0.278. The summed E-state index contributed by atoms with van der Waals surface area (Å²) in [4.78, 5) is 11.6. The number of primary amides is 1. The number of amides is 1. The normalized spacial score (nSPS) is 11.7. The van der Waals surface area contributed by atoms with Crippen LogP contribution >= 0.6 is 0 Å². The van der Waals surface area contributed by atoms with E-state index in [1.54, 1.807) is 14.2 Å². The second-order valence-electron chi connectivity index (χ2n) is 5.14. The van der Waals surface area contributed by atoms with Crippen molar-refractivity contribution < 1.29 is 14.3 Å². The van der Waals surface area contributed by atoms with E-state index >= 15 is 0 Å². The molecule has 0 radical (unpaired) electrons. The topological polar surface area (TPSA) is 73.6 Å². The Balaban J connectivity index is 1.99. The predicted octanol–water partition coefficient (Wildman–Crippen LogP) is 2.06. The van der Waals surface area contributed by atoms with Gasteiger partial charge in [-0.15, -0.1) is 0 Å². The van der Waals surface area contributed by atoms with Gasteiger partial charge in [-0.05, 0) is 29.7 Å². The van der Waals surface area contributed by atoms with Crippen molar-refractivity contribution in [2.45, 2.75) is 12.5 Å². The van der Waals surface area contributed by atoms with Crippen LogP contribution < -0.4 is 20.5 Å². The molecule has 0 spiro atoms. The Labute approximate surface area is 136 Å². The van der Waals surface area contributed by atoms with Gasteiger partial charge in [-0.3, -0.25) is 4.79 Å². The maximum atomic E-state index is 11.6. The van der Waals surface area contributed by atoms with Crippen LogP contribution in [0.2, 0.25) is 0 Å². The first kappa shape index (κ1) is 16.8. The van der Waals surface area contributed by atoms with Crippen LogP contribution in [0.15, 0.2) is 48.5 Å². The Morgan fingerprint density at radius 2 is 1.78 bits per heavy atom. The van der Waals surface area contributed by atoms with E-state index in [1.807, 2.05) is 48.5 Å². The van der Waals surface area contributed by atoms with Gasteiger partial charge in [-0.2, -0.15) is 0 Å². The minimum Gasteiger partial charge on any atom is -0.493 e. The van der Waals surface area contributed by atoms with E-state index in [-0.39, 0.29) is 5.91 Å². The first-order chi connectivity index (χ1) is 11.2. The number of benzene rings is 2. The van der Waals surface area contributed by atoms with E-state index < -0.39 is 6.04 Å². The molecule has 0 aliphatic rings. The van der Waals surface area contributed by atoms with Crippen molar-refractivity contribution in [3.8, 4) is 11.5 Å². The molecule has 1 atom stereocenters. The van der Waals surface area contributed by atoms with E-state index in [0.29, 0.717) is 18.0 Å². The number of rotatable bonds is 8. The molecule has 0 unspecified atom stereocenters. The van der Waals surface area contributed by atoms with E-state index in [2.05, 4.69) is 5.32 Å². The lowest BCUT2D eigenvalue weighted by Gasteiger charge is -2.16. The van der Waals surface area contributed by atoms with Crippen molar-refractivity contribution >= 4 is 5.91 Å². The van der Waals surface area contributed by atoms with Crippen molar-refractivity contribution in [2.24, 2.45) is 5.73 Å². The summed E-state index contributed by atoms with van der Waals surface area (Å²) in [6, 6.07) is 14.8. The van der Waals surface area contributed by atoms with Crippen LogP contribution in [0.25, 0.3) is 0 Å². The van der Waals surface area contributed by atoms with Gasteiger partial charge < -0.3 is 20.5 Å². The molecule has 2 aromatic carbocycles. The minimum atomic E-state index is -0.489. The molecule has 5 heteroatoms. The standard InChI is InChI=1S/C18H22N2O3/c1-22-15-9-8-13(12-16(15)23-2)10-11-20-17(18(19)21)14-6-4-3-5-7-14/h3-9,12,17,20H,10-11H2,1-2H3,(H2,19,21)/t17-/m1/s1. The van der Waals surface area contributed by atoms with Gasteiger partial charge in [0.05, 0.1) is 14.2 Å². The molecule has 0 heterocycles. The summed E-state index contributed by atoms with van der Waals surface area (Å²) in [6.45, 7) is 0.623. The Morgan fingerprint density at radius 3 is 2.39 bits per heavy atom. The second-order valence-corrected chi connectivity index (χ2v) is 5.14. The Kier molecular flexibility index (Phi) is 6.00. The van der Waals surface area contributed by atoms with E-state index in [9.17, 15) is 4.79 Å². The Morgan fingerprint density at radius 1 is 1.09 bits per heavy atom. The molecule has 0 bridgehead atoms. The zero-order chi connectivity index (χ0) is 16.7.